The lowest BCUT2D eigenvalue weighted by atomic mass is 9.99. The minimum absolute atomic E-state index is 0.131. The SMILES string of the molecule is Cc1ccc(S(=O)(=O)NCCNC(=O)c2cc3c(s2)CCCC3)cc1. The summed E-state index contributed by atoms with van der Waals surface area (Å²) >= 11 is 1.55. The van der Waals surface area contributed by atoms with E-state index in [0.717, 1.165) is 18.4 Å². The van der Waals surface area contributed by atoms with Crippen molar-refractivity contribution in [3.8, 4) is 0 Å². The Morgan fingerprint density at radius 1 is 1.12 bits per heavy atom. The van der Waals surface area contributed by atoms with Gasteiger partial charge in [-0.2, -0.15) is 0 Å². The summed E-state index contributed by atoms with van der Waals surface area (Å²) in [6, 6.07) is 8.65. The van der Waals surface area contributed by atoms with Gasteiger partial charge < -0.3 is 5.32 Å². The summed E-state index contributed by atoms with van der Waals surface area (Å²) in [5.41, 5.74) is 2.30. The lowest BCUT2D eigenvalue weighted by Crippen LogP contribution is -2.34. The third-order valence-electron chi connectivity index (χ3n) is 4.25. The van der Waals surface area contributed by atoms with E-state index in [9.17, 15) is 13.2 Å². The van der Waals surface area contributed by atoms with Crippen LogP contribution in [-0.2, 0) is 22.9 Å². The van der Waals surface area contributed by atoms with Gasteiger partial charge in [-0.05, 0) is 56.4 Å². The summed E-state index contributed by atoms with van der Waals surface area (Å²) in [7, 11) is -3.54. The molecule has 1 aliphatic rings. The summed E-state index contributed by atoms with van der Waals surface area (Å²) in [4.78, 5) is 14.5. The Hall–Kier alpha value is -1.70. The van der Waals surface area contributed by atoms with Gasteiger partial charge in [-0.15, -0.1) is 11.3 Å². The van der Waals surface area contributed by atoms with Crippen molar-refractivity contribution in [1.29, 1.82) is 0 Å². The Morgan fingerprint density at radius 2 is 1.84 bits per heavy atom. The van der Waals surface area contributed by atoms with E-state index in [1.807, 2.05) is 13.0 Å². The van der Waals surface area contributed by atoms with Crippen molar-refractivity contribution < 1.29 is 13.2 Å². The molecule has 0 aliphatic heterocycles. The van der Waals surface area contributed by atoms with Gasteiger partial charge in [0.1, 0.15) is 0 Å². The maximum absolute atomic E-state index is 12.2. The predicted octanol–water partition coefficient (Wildman–Crippen LogP) is 2.64. The molecule has 2 aromatic rings. The van der Waals surface area contributed by atoms with Crippen LogP contribution in [0.25, 0.3) is 0 Å². The molecule has 134 valence electrons. The van der Waals surface area contributed by atoms with Crippen LogP contribution in [-0.4, -0.2) is 27.4 Å². The van der Waals surface area contributed by atoms with Gasteiger partial charge in [0, 0.05) is 18.0 Å². The van der Waals surface area contributed by atoms with Gasteiger partial charge in [-0.25, -0.2) is 13.1 Å². The van der Waals surface area contributed by atoms with Gasteiger partial charge in [0.05, 0.1) is 9.77 Å². The van der Waals surface area contributed by atoms with Crippen molar-refractivity contribution in [2.45, 2.75) is 37.5 Å². The Balaban J connectivity index is 1.50. The molecule has 1 heterocycles. The first-order valence-corrected chi connectivity index (χ1v) is 10.7. The molecule has 5 nitrogen and oxygen atoms in total. The highest BCUT2D eigenvalue weighted by molar-refractivity contribution is 7.89. The molecule has 3 rings (SSSR count). The Kier molecular flexibility index (Phi) is 5.56. The van der Waals surface area contributed by atoms with Crippen molar-refractivity contribution in [3.05, 3.63) is 51.2 Å². The van der Waals surface area contributed by atoms with Crippen LogP contribution < -0.4 is 10.0 Å². The smallest absolute Gasteiger partial charge is 0.261 e. The minimum atomic E-state index is -3.54. The number of hydrogen-bond donors (Lipinski definition) is 2. The molecule has 1 amide bonds. The summed E-state index contributed by atoms with van der Waals surface area (Å²) in [5, 5.41) is 2.79. The number of amides is 1. The number of benzene rings is 1. The monoisotopic (exact) mass is 378 g/mol. The third kappa shape index (κ3) is 4.48. The number of carbonyl (C=O) groups excluding carboxylic acids is 1. The number of rotatable bonds is 6. The highest BCUT2D eigenvalue weighted by atomic mass is 32.2. The molecule has 25 heavy (non-hydrogen) atoms. The number of nitrogens with one attached hydrogen (secondary N) is 2. The van der Waals surface area contributed by atoms with Crippen molar-refractivity contribution in [2.75, 3.05) is 13.1 Å². The van der Waals surface area contributed by atoms with Crippen molar-refractivity contribution in [2.24, 2.45) is 0 Å². The van der Waals surface area contributed by atoms with E-state index in [1.54, 1.807) is 35.6 Å². The molecule has 0 unspecified atom stereocenters. The van der Waals surface area contributed by atoms with E-state index in [2.05, 4.69) is 10.0 Å². The molecule has 0 fully saturated rings. The molecule has 1 aromatic carbocycles. The molecule has 0 bridgehead atoms. The topological polar surface area (TPSA) is 75.3 Å². The normalized spacial score (nSPS) is 14.1. The van der Waals surface area contributed by atoms with Gasteiger partial charge in [-0.3, -0.25) is 4.79 Å². The second kappa shape index (κ2) is 7.68. The summed E-state index contributed by atoms with van der Waals surface area (Å²) in [6.45, 7) is 2.32. The van der Waals surface area contributed by atoms with E-state index in [4.69, 9.17) is 0 Å². The van der Waals surface area contributed by atoms with E-state index in [1.165, 1.54) is 23.3 Å². The highest BCUT2D eigenvalue weighted by Crippen LogP contribution is 2.29. The number of carbonyl (C=O) groups is 1. The molecular formula is C18H22N2O3S2. The van der Waals surface area contributed by atoms with Crippen LogP contribution in [0, 0.1) is 6.92 Å². The molecule has 0 spiro atoms. The fourth-order valence-electron chi connectivity index (χ4n) is 2.85. The van der Waals surface area contributed by atoms with Gasteiger partial charge in [0.2, 0.25) is 10.0 Å². The van der Waals surface area contributed by atoms with Crippen molar-refractivity contribution in [3.63, 3.8) is 0 Å². The molecule has 1 aromatic heterocycles. The first-order chi connectivity index (χ1) is 12.0. The molecule has 2 N–H and O–H groups in total. The Morgan fingerprint density at radius 3 is 2.56 bits per heavy atom. The molecular weight excluding hydrogens is 356 g/mol. The summed E-state index contributed by atoms with van der Waals surface area (Å²) < 4.78 is 26.8. The number of sulfonamides is 1. The fourth-order valence-corrected chi connectivity index (χ4v) is 5.05. The van der Waals surface area contributed by atoms with Crippen molar-refractivity contribution in [1.82, 2.24) is 10.0 Å². The van der Waals surface area contributed by atoms with Gasteiger partial charge in [0.25, 0.3) is 5.91 Å². The first kappa shape index (κ1) is 18.1. The second-order valence-electron chi connectivity index (χ2n) is 6.23. The quantitative estimate of drug-likeness (QED) is 0.759. The maximum atomic E-state index is 12.2. The Bertz CT molecular complexity index is 831. The van der Waals surface area contributed by atoms with Gasteiger partial charge in [0.15, 0.2) is 0 Å². The number of hydrogen-bond acceptors (Lipinski definition) is 4. The van der Waals surface area contributed by atoms with Crippen molar-refractivity contribution >= 4 is 27.3 Å². The van der Waals surface area contributed by atoms with Crippen LogP contribution in [0.1, 0.15) is 38.5 Å². The molecule has 0 radical (unpaired) electrons. The molecule has 0 atom stereocenters. The zero-order chi connectivity index (χ0) is 17.9. The number of thiophene rings is 1. The van der Waals surface area contributed by atoms with Gasteiger partial charge >= 0.3 is 0 Å². The van der Waals surface area contributed by atoms with Crippen LogP contribution in [0.15, 0.2) is 35.2 Å². The lowest BCUT2D eigenvalue weighted by Gasteiger charge is -2.08. The minimum Gasteiger partial charge on any atom is -0.350 e. The average Bonchev–Trinajstić information content (AvgIpc) is 3.03. The molecule has 1 aliphatic carbocycles. The van der Waals surface area contributed by atoms with Crippen LogP contribution in [0.2, 0.25) is 0 Å². The van der Waals surface area contributed by atoms with E-state index in [-0.39, 0.29) is 23.9 Å². The average molecular weight is 379 g/mol. The molecule has 7 heteroatoms. The zero-order valence-electron chi connectivity index (χ0n) is 14.2. The maximum Gasteiger partial charge on any atom is 0.261 e. The largest absolute Gasteiger partial charge is 0.350 e. The standard InChI is InChI=1S/C18H22N2O3S2/c1-13-6-8-15(9-7-13)25(22,23)20-11-10-19-18(21)17-12-14-4-2-3-5-16(14)24-17/h6-9,12,20H,2-5,10-11H2,1H3,(H,19,21). The fraction of sp³-hybridized carbons (Fsp3) is 0.389. The number of aryl methyl sites for hydroxylation is 3. The first-order valence-electron chi connectivity index (χ1n) is 8.42. The summed E-state index contributed by atoms with van der Waals surface area (Å²) in [5.74, 6) is -0.131. The van der Waals surface area contributed by atoms with Crippen LogP contribution in [0.4, 0.5) is 0 Å². The lowest BCUT2D eigenvalue weighted by molar-refractivity contribution is 0.0958. The van der Waals surface area contributed by atoms with E-state index in [0.29, 0.717) is 4.88 Å². The molecule has 0 saturated heterocycles. The summed E-state index contributed by atoms with van der Waals surface area (Å²) in [6.07, 6.45) is 4.49. The third-order valence-corrected chi connectivity index (χ3v) is 6.97. The van der Waals surface area contributed by atoms with Gasteiger partial charge in [-0.1, -0.05) is 17.7 Å². The van der Waals surface area contributed by atoms with E-state index < -0.39 is 10.0 Å². The van der Waals surface area contributed by atoms with Crippen LogP contribution in [0.3, 0.4) is 0 Å². The second-order valence-corrected chi connectivity index (χ2v) is 9.14. The van der Waals surface area contributed by atoms with Crippen LogP contribution in [0.5, 0.6) is 0 Å². The number of fused-ring (bicyclic) bond motifs is 1. The Labute approximate surface area is 152 Å². The van der Waals surface area contributed by atoms with E-state index >= 15 is 0 Å². The molecule has 0 saturated carbocycles. The predicted molar refractivity (Wildman–Crippen MR) is 99.7 cm³/mol. The zero-order valence-corrected chi connectivity index (χ0v) is 15.8. The van der Waals surface area contributed by atoms with Crippen LogP contribution >= 0.6 is 11.3 Å². The highest BCUT2D eigenvalue weighted by Gasteiger charge is 2.17.